The van der Waals surface area contributed by atoms with Gasteiger partial charge in [0.15, 0.2) is 0 Å². The molecule has 0 amide bonds. The van der Waals surface area contributed by atoms with Crippen molar-refractivity contribution in [3.63, 3.8) is 0 Å². The molecule has 0 spiro atoms. The van der Waals surface area contributed by atoms with Gasteiger partial charge < -0.3 is 10.1 Å². The van der Waals surface area contributed by atoms with E-state index in [4.69, 9.17) is 4.74 Å². The third kappa shape index (κ3) is 2.64. The van der Waals surface area contributed by atoms with E-state index < -0.39 is 0 Å². The van der Waals surface area contributed by atoms with Crippen molar-refractivity contribution in [1.82, 2.24) is 0 Å². The fourth-order valence-corrected chi connectivity index (χ4v) is 2.91. The number of ether oxygens (including phenoxy) is 1. The second-order valence-electron chi connectivity index (χ2n) is 5.48. The van der Waals surface area contributed by atoms with E-state index in [9.17, 15) is 0 Å². The summed E-state index contributed by atoms with van der Waals surface area (Å²) >= 11 is 0. The molecule has 104 valence electrons. The largest absolute Gasteiger partial charge is 0.497 e. The van der Waals surface area contributed by atoms with Crippen molar-refractivity contribution in [3.05, 3.63) is 59.2 Å². The van der Waals surface area contributed by atoms with Crippen molar-refractivity contribution in [3.8, 4) is 5.75 Å². The fraction of sp³-hybridized carbons (Fsp3) is 0.333. The Labute approximate surface area is 120 Å². The van der Waals surface area contributed by atoms with Gasteiger partial charge in [-0.05, 0) is 67.1 Å². The molecule has 0 aromatic heterocycles. The first kappa shape index (κ1) is 13.0. The van der Waals surface area contributed by atoms with Gasteiger partial charge in [-0.2, -0.15) is 0 Å². The zero-order valence-corrected chi connectivity index (χ0v) is 12.1. The number of aryl methyl sites for hydroxylation is 2. The van der Waals surface area contributed by atoms with Gasteiger partial charge in [0.25, 0.3) is 0 Å². The van der Waals surface area contributed by atoms with Crippen LogP contribution < -0.4 is 10.1 Å². The van der Waals surface area contributed by atoms with Gasteiger partial charge in [-0.1, -0.05) is 18.2 Å². The minimum atomic E-state index is 0.268. The molecule has 20 heavy (non-hydrogen) atoms. The lowest BCUT2D eigenvalue weighted by Crippen LogP contribution is -2.07. The highest BCUT2D eigenvalue weighted by molar-refractivity contribution is 5.51. The van der Waals surface area contributed by atoms with Gasteiger partial charge in [-0.3, -0.25) is 0 Å². The molecule has 2 aromatic rings. The molecule has 2 aromatic carbocycles. The van der Waals surface area contributed by atoms with Gasteiger partial charge in [-0.15, -0.1) is 0 Å². The van der Waals surface area contributed by atoms with Crippen LogP contribution in [0.4, 0.5) is 5.69 Å². The molecule has 1 aliphatic rings. The lowest BCUT2D eigenvalue weighted by molar-refractivity contribution is 0.414. The molecule has 0 radical (unpaired) electrons. The maximum absolute atomic E-state index is 5.29. The molecule has 0 heterocycles. The van der Waals surface area contributed by atoms with E-state index in [1.54, 1.807) is 7.11 Å². The summed E-state index contributed by atoms with van der Waals surface area (Å²) < 4.78 is 5.29. The van der Waals surface area contributed by atoms with E-state index in [1.165, 1.54) is 41.6 Å². The van der Waals surface area contributed by atoms with Crippen molar-refractivity contribution in [2.24, 2.45) is 0 Å². The summed E-state index contributed by atoms with van der Waals surface area (Å²) in [7, 11) is 1.71. The zero-order chi connectivity index (χ0) is 13.9. The van der Waals surface area contributed by atoms with Crippen LogP contribution in [0.5, 0.6) is 5.75 Å². The standard InChI is InChI=1S/C18H21NO/c1-13(15-6-4-8-18(12-15)20-2)19-17-10-9-14-5-3-7-16(14)11-17/h4,6,8-13,19H,3,5,7H2,1-2H3. The van der Waals surface area contributed by atoms with E-state index >= 15 is 0 Å². The van der Waals surface area contributed by atoms with Gasteiger partial charge in [-0.25, -0.2) is 0 Å². The topological polar surface area (TPSA) is 21.3 Å². The molecular formula is C18H21NO. The summed E-state index contributed by atoms with van der Waals surface area (Å²) in [5.41, 5.74) is 5.48. The average Bonchev–Trinajstić information content (AvgIpc) is 2.95. The molecule has 0 fully saturated rings. The van der Waals surface area contributed by atoms with Gasteiger partial charge in [0.05, 0.1) is 7.11 Å². The minimum absolute atomic E-state index is 0.268. The van der Waals surface area contributed by atoms with Gasteiger partial charge >= 0.3 is 0 Å². The third-order valence-electron chi connectivity index (χ3n) is 4.08. The molecular weight excluding hydrogens is 246 g/mol. The smallest absolute Gasteiger partial charge is 0.119 e. The number of rotatable bonds is 4. The maximum atomic E-state index is 5.29. The summed E-state index contributed by atoms with van der Waals surface area (Å²) in [5.74, 6) is 0.908. The minimum Gasteiger partial charge on any atom is -0.497 e. The number of benzene rings is 2. The highest BCUT2D eigenvalue weighted by Crippen LogP contribution is 2.27. The van der Waals surface area contributed by atoms with Crippen LogP contribution in [0.2, 0.25) is 0 Å². The van der Waals surface area contributed by atoms with Crippen LogP contribution in [-0.2, 0) is 12.8 Å². The zero-order valence-electron chi connectivity index (χ0n) is 12.1. The Morgan fingerprint density at radius 1 is 1.05 bits per heavy atom. The second kappa shape index (κ2) is 5.58. The third-order valence-corrected chi connectivity index (χ3v) is 4.08. The number of fused-ring (bicyclic) bond motifs is 1. The molecule has 0 saturated carbocycles. The molecule has 1 atom stereocenters. The van der Waals surface area contributed by atoms with Crippen molar-refractivity contribution in [2.75, 3.05) is 12.4 Å². The van der Waals surface area contributed by atoms with Crippen LogP contribution in [0.25, 0.3) is 0 Å². The lowest BCUT2D eigenvalue weighted by atomic mass is 10.1. The molecule has 0 saturated heterocycles. The molecule has 1 N–H and O–H groups in total. The fourth-order valence-electron chi connectivity index (χ4n) is 2.91. The van der Waals surface area contributed by atoms with E-state index in [-0.39, 0.29) is 6.04 Å². The molecule has 0 bridgehead atoms. The summed E-state index contributed by atoms with van der Waals surface area (Å²) in [6.45, 7) is 2.18. The van der Waals surface area contributed by atoms with Crippen LogP contribution in [-0.4, -0.2) is 7.11 Å². The Hall–Kier alpha value is -1.96. The van der Waals surface area contributed by atoms with E-state index in [2.05, 4.69) is 42.6 Å². The molecule has 0 aliphatic heterocycles. The van der Waals surface area contributed by atoms with E-state index in [0.29, 0.717) is 0 Å². The number of anilines is 1. The maximum Gasteiger partial charge on any atom is 0.119 e. The van der Waals surface area contributed by atoms with Crippen LogP contribution in [0.3, 0.4) is 0 Å². The molecule has 2 nitrogen and oxygen atoms in total. The van der Waals surface area contributed by atoms with E-state index in [1.807, 2.05) is 12.1 Å². The number of hydrogen-bond donors (Lipinski definition) is 1. The van der Waals surface area contributed by atoms with Crippen LogP contribution in [0, 0.1) is 0 Å². The highest BCUT2D eigenvalue weighted by Gasteiger charge is 2.12. The summed E-state index contributed by atoms with van der Waals surface area (Å²) in [4.78, 5) is 0. The predicted octanol–water partition coefficient (Wildman–Crippen LogP) is 4.36. The molecule has 2 heteroatoms. The highest BCUT2D eigenvalue weighted by atomic mass is 16.5. The summed E-state index contributed by atoms with van der Waals surface area (Å²) in [6, 6.07) is 15.3. The Morgan fingerprint density at radius 3 is 2.75 bits per heavy atom. The van der Waals surface area contributed by atoms with Gasteiger partial charge in [0.2, 0.25) is 0 Å². The molecule has 1 aliphatic carbocycles. The Balaban J connectivity index is 1.76. The monoisotopic (exact) mass is 267 g/mol. The summed E-state index contributed by atoms with van der Waals surface area (Å²) in [5, 5.41) is 3.58. The van der Waals surface area contributed by atoms with Crippen LogP contribution in [0.15, 0.2) is 42.5 Å². The SMILES string of the molecule is COc1cccc(C(C)Nc2ccc3c(c2)CCC3)c1. The van der Waals surface area contributed by atoms with E-state index in [0.717, 1.165) is 5.75 Å². The normalized spacial score (nSPS) is 14.7. The first-order valence-corrected chi connectivity index (χ1v) is 7.28. The molecule has 3 rings (SSSR count). The number of methoxy groups -OCH3 is 1. The first-order valence-electron chi connectivity index (χ1n) is 7.28. The number of nitrogens with one attached hydrogen (secondary N) is 1. The Morgan fingerprint density at radius 2 is 1.90 bits per heavy atom. The van der Waals surface area contributed by atoms with Crippen molar-refractivity contribution in [2.45, 2.75) is 32.2 Å². The predicted molar refractivity (Wildman–Crippen MR) is 83.5 cm³/mol. The second-order valence-corrected chi connectivity index (χ2v) is 5.48. The quantitative estimate of drug-likeness (QED) is 0.888. The van der Waals surface area contributed by atoms with Gasteiger partial charge in [0.1, 0.15) is 5.75 Å². The summed E-state index contributed by atoms with van der Waals surface area (Å²) in [6.07, 6.45) is 3.75. The van der Waals surface area contributed by atoms with Crippen molar-refractivity contribution in [1.29, 1.82) is 0 Å². The van der Waals surface area contributed by atoms with Crippen LogP contribution >= 0.6 is 0 Å². The molecule has 1 unspecified atom stereocenters. The Bertz CT molecular complexity index is 606. The average molecular weight is 267 g/mol. The van der Waals surface area contributed by atoms with Gasteiger partial charge in [0, 0.05) is 11.7 Å². The van der Waals surface area contributed by atoms with Crippen LogP contribution in [0.1, 0.15) is 36.1 Å². The lowest BCUT2D eigenvalue weighted by Gasteiger charge is -2.17. The first-order chi connectivity index (χ1) is 9.76. The van der Waals surface area contributed by atoms with Crippen molar-refractivity contribution >= 4 is 5.69 Å². The van der Waals surface area contributed by atoms with Crippen molar-refractivity contribution < 1.29 is 4.74 Å². The Kier molecular flexibility index (Phi) is 3.64. The number of hydrogen-bond acceptors (Lipinski definition) is 2.